The predicted octanol–water partition coefficient (Wildman–Crippen LogP) is 5.60. The van der Waals surface area contributed by atoms with E-state index in [-0.39, 0.29) is 0 Å². The first kappa shape index (κ1) is 14.1. The SMILES string of the molecule is Cc1cc(Br)cc(-n2c(CCl)nc3ccc(Br)cc32)c1. The van der Waals surface area contributed by atoms with Crippen LogP contribution in [0.5, 0.6) is 0 Å². The largest absolute Gasteiger partial charge is 0.295 e. The first-order valence-electron chi connectivity index (χ1n) is 6.09. The zero-order valence-electron chi connectivity index (χ0n) is 10.7. The van der Waals surface area contributed by atoms with Gasteiger partial charge in [0.1, 0.15) is 5.82 Å². The lowest BCUT2D eigenvalue weighted by Crippen LogP contribution is -1.99. The summed E-state index contributed by atoms with van der Waals surface area (Å²) in [7, 11) is 0. The van der Waals surface area contributed by atoms with Crippen molar-refractivity contribution in [1.29, 1.82) is 0 Å². The molecule has 0 aliphatic carbocycles. The molecule has 0 bridgehead atoms. The summed E-state index contributed by atoms with van der Waals surface area (Å²) >= 11 is 13.1. The van der Waals surface area contributed by atoms with Crippen LogP contribution in [0.1, 0.15) is 11.4 Å². The van der Waals surface area contributed by atoms with Crippen LogP contribution in [0.4, 0.5) is 0 Å². The van der Waals surface area contributed by atoms with Crippen LogP contribution in [-0.4, -0.2) is 9.55 Å². The molecule has 0 radical (unpaired) electrons. The minimum absolute atomic E-state index is 0.373. The van der Waals surface area contributed by atoms with Crippen molar-refractivity contribution < 1.29 is 0 Å². The second kappa shape index (κ2) is 5.51. The second-order valence-electron chi connectivity index (χ2n) is 4.62. The van der Waals surface area contributed by atoms with Crippen molar-refractivity contribution in [2.24, 2.45) is 0 Å². The topological polar surface area (TPSA) is 17.8 Å². The summed E-state index contributed by atoms with van der Waals surface area (Å²) in [5.74, 6) is 1.22. The van der Waals surface area contributed by atoms with E-state index in [1.807, 2.05) is 12.1 Å². The number of alkyl halides is 1. The molecular formula is C15H11Br2ClN2. The highest BCUT2D eigenvalue weighted by Gasteiger charge is 2.12. The number of nitrogens with zero attached hydrogens (tertiary/aromatic N) is 2. The van der Waals surface area contributed by atoms with E-state index in [0.717, 1.165) is 31.5 Å². The molecular weight excluding hydrogens is 403 g/mol. The van der Waals surface area contributed by atoms with E-state index < -0.39 is 0 Å². The third-order valence-corrected chi connectivity index (χ3v) is 4.28. The van der Waals surface area contributed by atoms with Gasteiger partial charge in [0.05, 0.1) is 16.9 Å². The van der Waals surface area contributed by atoms with Crippen molar-refractivity contribution in [2.45, 2.75) is 12.8 Å². The summed E-state index contributed by atoms with van der Waals surface area (Å²) in [4.78, 5) is 4.60. The molecule has 3 aromatic rings. The summed E-state index contributed by atoms with van der Waals surface area (Å²) in [5, 5.41) is 0. The van der Waals surface area contributed by atoms with Gasteiger partial charge in [-0.1, -0.05) is 31.9 Å². The summed E-state index contributed by atoms with van der Waals surface area (Å²) in [6.45, 7) is 2.07. The Labute approximate surface area is 139 Å². The van der Waals surface area contributed by atoms with Crippen molar-refractivity contribution in [3.63, 3.8) is 0 Å². The number of rotatable bonds is 2. The van der Waals surface area contributed by atoms with Gasteiger partial charge in [-0.3, -0.25) is 4.57 Å². The molecule has 0 spiro atoms. The number of fused-ring (bicyclic) bond motifs is 1. The molecule has 0 aliphatic rings. The Bertz CT molecular complexity index is 776. The number of hydrogen-bond acceptors (Lipinski definition) is 1. The van der Waals surface area contributed by atoms with Gasteiger partial charge in [-0.05, 0) is 48.9 Å². The lowest BCUT2D eigenvalue weighted by molar-refractivity contribution is 0.979. The fraction of sp³-hybridized carbons (Fsp3) is 0.133. The molecule has 2 aromatic carbocycles. The molecule has 0 N–H and O–H groups in total. The number of benzene rings is 2. The van der Waals surface area contributed by atoms with Crippen LogP contribution < -0.4 is 0 Å². The predicted molar refractivity (Wildman–Crippen MR) is 90.8 cm³/mol. The standard InChI is InChI=1S/C15H11Br2ClN2/c1-9-4-11(17)6-12(5-9)20-14-7-10(16)2-3-13(14)19-15(20)8-18/h2-7H,8H2,1H3. The van der Waals surface area contributed by atoms with Crippen LogP contribution in [-0.2, 0) is 5.88 Å². The van der Waals surface area contributed by atoms with Gasteiger partial charge in [-0.2, -0.15) is 0 Å². The molecule has 0 fully saturated rings. The summed E-state index contributed by atoms with van der Waals surface area (Å²) < 4.78 is 4.18. The van der Waals surface area contributed by atoms with E-state index in [9.17, 15) is 0 Å². The van der Waals surface area contributed by atoms with Crippen molar-refractivity contribution in [1.82, 2.24) is 9.55 Å². The van der Waals surface area contributed by atoms with E-state index in [0.29, 0.717) is 5.88 Å². The lowest BCUT2D eigenvalue weighted by atomic mass is 10.2. The van der Waals surface area contributed by atoms with Gasteiger partial charge in [0.2, 0.25) is 0 Å². The Morgan fingerprint density at radius 1 is 1.10 bits per heavy atom. The first-order valence-corrected chi connectivity index (χ1v) is 8.21. The highest BCUT2D eigenvalue weighted by atomic mass is 79.9. The van der Waals surface area contributed by atoms with Crippen LogP contribution in [0.2, 0.25) is 0 Å². The number of halogens is 3. The zero-order valence-corrected chi connectivity index (χ0v) is 14.6. The molecule has 20 heavy (non-hydrogen) atoms. The van der Waals surface area contributed by atoms with Crippen LogP contribution in [0, 0.1) is 6.92 Å². The Kier molecular flexibility index (Phi) is 3.89. The van der Waals surface area contributed by atoms with Gasteiger partial charge in [0.25, 0.3) is 0 Å². The molecule has 3 rings (SSSR count). The lowest BCUT2D eigenvalue weighted by Gasteiger charge is -2.10. The zero-order chi connectivity index (χ0) is 14.3. The van der Waals surface area contributed by atoms with E-state index in [4.69, 9.17) is 11.6 Å². The normalized spacial score (nSPS) is 11.2. The monoisotopic (exact) mass is 412 g/mol. The molecule has 0 unspecified atom stereocenters. The van der Waals surface area contributed by atoms with Crippen molar-refractivity contribution in [3.8, 4) is 5.69 Å². The third kappa shape index (κ3) is 2.52. The second-order valence-corrected chi connectivity index (χ2v) is 6.72. The maximum Gasteiger partial charge on any atom is 0.129 e. The minimum atomic E-state index is 0.373. The van der Waals surface area contributed by atoms with Crippen LogP contribution in [0.25, 0.3) is 16.7 Å². The smallest absolute Gasteiger partial charge is 0.129 e. The molecule has 2 nitrogen and oxygen atoms in total. The van der Waals surface area contributed by atoms with E-state index in [1.165, 1.54) is 5.56 Å². The average molecular weight is 415 g/mol. The molecule has 1 heterocycles. The van der Waals surface area contributed by atoms with Crippen molar-refractivity contribution >= 4 is 54.5 Å². The quantitative estimate of drug-likeness (QED) is 0.499. The molecule has 0 amide bonds. The number of aryl methyl sites for hydroxylation is 1. The van der Waals surface area contributed by atoms with E-state index in [1.54, 1.807) is 0 Å². The summed E-state index contributed by atoms with van der Waals surface area (Å²) in [5.41, 5.74) is 4.24. The van der Waals surface area contributed by atoms with Gasteiger partial charge in [0.15, 0.2) is 0 Å². The van der Waals surface area contributed by atoms with E-state index >= 15 is 0 Å². The van der Waals surface area contributed by atoms with Gasteiger partial charge in [0, 0.05) is 14.6 Å². The minimum Gasteiger partial charge on any atom is -0.295 e. The van der Waals surface area contributed by atoms with Crippen molar-refractivity contribution in [3.05, 3.63) is 56.7 Å². The fourth-order valence-electron chi connectivity index (χ4n) is 2.32. The molecule has 0 atom stereocenters. The Hall–Kier alpha value is -0.840. The van der Waals surface area contributed by atoms with Crippen LogP contribution in [0.3, 0.4) is 0 Å². The first-order chi connectivity index (χ1) is 9.58. The Morgan fingerprint density at radius 3 is 2.60 bits per heavy atom. The molecule has 1 aromatic heterocycles. The van der Waals surface area contributed by atoms with Gasteiger partial charge >= 0.3 is 0 Å². The summed E-state index contributed by atoms with van der Waals surface area (Å²) in [6.07, 6.45) is 0. The maximum absolute atomic E-state index is 6.07. The maximum atomic E-state index is 6.07. The average Bonchev–Trinajstić information content (AvgIpc) is 2.75. The van der Waals surface area contributed by atoms with Crippen molar-refractivity contribution in [2.75, 3.05) is 0 Å². The molecule has 5 heteroatoms. The molecule has 0 aliphatic heterocycles. The number of imidazole rings is 1. The third-order valence-electron chi connectivity index (χ3n) is 3.09. The Morgan fingerprint density at radius 2 is 1.90 bits per heavy atom. The van der Waals surface area contributed by atoms with E-state index in [2.05, 4.69) is 72.6 Å². The molecule has 0 saturated carbocycles. The number of hydrogen-bond donors (Lipinski definition) is 0. The Balaban J connectivity index is 2.35. The number of aromatic nitrogens is 2. The van der Waals surface area contributed by atoms with Crippen LogP contribution in [0.15, 0.2) is 45.3 Å². The molecule has 102 valence electrons. The van der Waals surface area contributed by atoms with Gasteiger partial charge in [-0.15, -0.1) is 11.6 Å². The van der Waals surface area contributed by atoms with Crippen LogP contribution >= 0.6 is 43.5 Å². The fourth-order valence-corrected chi connectivity index (χ4v) is 3.45. The molecule has 0 saturated heterocycles. The highest BCUT2D eigenvalue weighted by molar-refractivity contribution is 9.10. The van der Waals surface area contributed by atoms with Gasteiger partial charge in [-0.25, -0.2) is 4.98 Å². The van der Waals surface area contributed by atoms with Gasteiger partial charge < -0.3 is 0 Å². The summed E-state index contributed by atoms with van der Waals surface area (Å²) in [6, 6.07) is 12.3. The highest BCUT2D eigenvalue weighted by Crippen LogP contribution is 2.27.